The summed E-state index contributed by atoms with van der Waals surface area (Å²) in [5.41, 5.74) is 2.51. The number of rotatable bonds is 7. The Hall–Kier alpha value is -4.39. The first-order chi connectivity index (χ1) is 15.5. The van der Waals surface area contributed by atoms with Gasteiger partial charge in [-0.25, -0.2) is 13.9 Å². The molecule has 0 aliphatic carbocycles. The van der Waals surface area contributed by atoms with E-state index in [0.29, 0.717) is 51.2 Å². The fourth-order valence-electron chi connectivity index (χ4n) is 3.41. The zero-order valence-electron chi connectivity index (χ0n) is 17.8. The Bertz CT molecular complexity index is 1310. The van der Waals surface area contributed by atoms with E-state index in [1.54, 1.807) is 28.9 Å². The fourth-order valence-corrected chi connectivity index (χ4v) is 3.41. The summed E-state index contributed by atoms with van der Waals surface area (Å²) in [6, 6.07) is 10.0. The maximum Gasteiger partial charge on any atom is 0.203 e. The standard InChI is InChI=1S/C22H20FN5O4/c1-29-16-9-14(5-6-15(16)23)26-22-19(27-21-13(10-24)11-25-28(21)22)12-7-17(30-2)20(32-4)18(8-12)31-3/h5-9,11,25-26H,1-4H3. The number of anilines is 2. The van der Waals surface area contributed by atoms with Crippen LogP contribution in [0.25, 0.3) is 16.9 Å². The summed E-state index contributed by atoms with van der Waals surface area (Å²) in [6.07, 6.45) is 1.55. The molecule has 0 unspecified atom stereocenters. The van der Waals surface area contributed by atoms with Crippen molar-refractivity contribution < 1.29 is 23.3 Å². The maximum atomic E-state index is 13.9. The minimum Gasteiger partial charge on any atom is -0.494 e. The van der Waals surface area contributed by atoms with E-state index in [-0.39, 0.29) is 5.75 Å². The Kier molecular flexibility index (Phi) is 5.47. The number of H-pyrrole nitrogens is 1. The van der Waals surface area contributed by atoms with Crippen LogP contribution in [0.3, 0.4) is 0 Å². The van der Waals surface area contributed by atoms with Crippen LogP contribution in [-0.4, -0.2) is 43.0 Å². The normalized spacial score (nSPS) is 10.6. The van der Waals surface area contributed by atoms with Gasteiger partial charge in [0.2, 0.25) is 5.75 Å². The quantitative estimate of drug-likeness (QED) is 0.448. The van der Waals surface area contributed by atoms with E-state index in [9.17, 15) is 9.65 Å². The molecule has 164 valence electrons. The monoisotopic (exact) mass is 437 g/mol. The van der Waals surface area contributed by atoms with Gasteiger partial charge in [0.15, 0.2) is 34.5 Å². The number of methoxy groups -OCH3 is 4. The second kappa shape index (κ2) is 8.39. The molecule has 10 heteroatoms. The molecule has 4 rings (SSSR count). The third-order valence-electron chi connectivity index (χ3n) is 4.93. The van der Waals surface area contributed by atoms with Gasteiger partial charge in [0, 0.05) is 23.5 Å². The molecule has 4 aromatic rings. The number of ether oxygens (including phenoxy) is 4. The lowest BCUT2D eigenvalue weighted by Gasteiger charge is -2.14. The Morgan fingerprint density at radius 2 is 1.69 bits per heavy atom. The third kappa shape index (κ3) is 3.39. The number of hydrogen-bond acceptors (Lipinski definition) is 7. The topological polar surface area (TPSA) is 106 Å². The van der Waals surface area contributed by atoms with E-state index in [2.05, 4.69) is 21.5 Å². The van der Waals surface area contributed by atoms with Crippen molar-refractivity contribution in [1.29, 1.82) is 5.26 Å². The van der Waals surface area contributed by atoms with Gasteiger partial charge in [-0.15, -0.1) is 0 Å². The molecule has 0 aliphatic rings. The van der Waals surface area contributed by atoms with Crippen molar-refractivity contribution >= 4 is 17.2 Å². The number of hydrogen-bond donors (Lipinski definition) is 2. The minimum atomic E-state index is -0.479. The number of aromatic amines is 1. The first kappa shape index (κ1) is 20.9. The lowest BCUT2D eigenvalue weighted by atomic mass is 10.1. The van der Waals surface area contributed by atoms with Crippen molar-refractivity contribution in [2.45, 2.75) is 0 Å². The highest BCUT2D eigenvalue weighted by Crippen LogP contribution is 2.43. The summed E-state index contributed by atoms with van der Waals surface area (Å²) in [4.78, 5) is 4.67. The minimum absolute atomic E-state index is 0.0919. The highest BCUT2D eigenvalue weighted by molar-refractivity contribution is 5.83. The second-order valence-corrected chi connectivity index (χ2v) is 6.66. The van der Waals surface area contributed by atoms with Crippen LogP contribution in [-0.2, 0) is 0 Å². The number of nitrogens with zero attached hydrogens (tertiary/aromatic N) is 3. The average molecular weight is 437 g/mol. The zero-order chi connectivity index (χ0) is 22.8. The number of halogens is 1. The highest BCUT2D eigenvalue weighted by Gasteiger charge is 2.22. The molecule has 0 saturated carbocycles. The van der Waals surface area contributed by atoms with Gasteiger partial charge in [0.05, 0.1) is 28.4 Å². The van der Waals surface area contributed by atoms with Gasteiger partial charge < -0.3 is 24.3 Å². The number of aromatic nitrogens is 3. The third-order valence-corrected chi connectivity index (χ3v) is 4.93. The van der Waals surface area contributed by atoms with Gasteiger partial charge >= 0.3 is 0 Å². The fraction of sp³-hybridized carbons (Fsp3) is 0.182. The molecule has 2 heterocycles. The van der Waals surface area contributed by atoms with E-state index in [0.717, 1.165) is 0 Å². The van der Waals surface area contributed by atoms with Crippen LogP contribution in [0.5, 0.6) is 23.0 Å². The molecule has 0 fully saturated rings. The summed E-state index contributed by atoms with van der Waals surface area (Å²) in [6.45, 7) is 0. The van der Waals surface area contributed by atoms with Crippen molar-refractivity contribution in [3.05, 3.63) is 47.9 Å². The van der Waals surface area contributed by atoms with E-state index in [4.69, 9.17) is 18.9 Å². The van der Waals surface area contributed by atoms with Crippen molar-refractivity contribution in [1.82, 2.24) is 14.6 Å². The van der Waals surface area contributed by atoms with Crippen LogP contribution >= 0.6 is 0 Å². The average Bonchev–Trinajstić information content (AvgIpc) is 3.38. The van der Waals surface area contributed by atoms with Crippen molar-refractivity contribution in [3.8, 4) is 40.3 Å². The smallest absolute Gasteiger partial charge is 0.203 e. The molecule has 32 heavy (non-hydrogen) atoms. The number of benzene rings is 2. The van der Waals surface area contributed by atoms with Gasteiger partial charge in [-0.05, 0) is 24.3 Å². The van der Waals surface area contributed by atoms with E-state index in [1.165, 1.54) is 40.6 Å². The summed E-state index contributed by atoms with van der Waals surface area (Å²) >= 11 is 0. The molecule has 2 N–H and O–H groups in total. The van der Waals surface area contributed by atoms with Crippen LogP contribution in [0.1, 0.15) is 5.56 Å². The lowest BCUT2D eigenvalue weighted by Crippen LogP contribution is -2.00. The largest absolute Gasteiger partial charge is 0.494 e. The highest BCUT2D eigenvalue weighted by atomic mass is 19.1. The molecule has 0 amide bonds. The lowest BCUT2D eigenvalue weighted by molar-refractivity contribution is 0.324. The van der Waals surface area contributed by atoms with Gasteiger partial charge in [-0.3, -0.25) is 5.10 Å². The Morgan fingerprint density at radius 3 is 2.28 bits per heavy atom. The molecule has 9 nitrogen and oxygen atoms in total. The van der Waals surface area contributed by atoms with Crippen LogP contribution in [0, 0.1) is 17.1 Å². The van der Waals surface area contributed by atoms with Crippen molar-refractivity contribution in [2.24, 2.45) is 0 Å². The molecule has 0 radical (unpaired) electrons. The predicted molar refractivity (Wildman–Crippen MR) is 116 cm³/mol. The summed E-state index contributed by atoms with van der Waals surface area (Å²) in [5.74, 6) is 1.48. The van der Waals surface area contributed by atoms with E-state index >= 15 is 0 Å². The molecule has 2 aromatic carbocycles. The predicted octanol–water partition coefficient (Wildman–Crippen LogP) is 4.12. The van der Waals surface area contributed by atoms with E-state index < -0.39 is 5.82 Å². The molecule has 0 atom stereocenters. The summed E-state index contributed by atoms with van der Waals surface area (Å²) < 4.78 is 36.9. The Labute approximate surface area is 182 Å². The Morgan fingerprint density at radius 1 is 1.00 bits per heavy atom. The number of nitriles is 1. The van der Waals surface area contributed by atoms with Crippen molar-refractivity contribution in [3.63, 3.8) is 0 Å². The van der Waals surface area contributed by atoms with Crippen molar-refractivity contribution in [2.75, 3.05) is 33.8 Å². The van der Waals surface area contributed by atoms with Gasteiger partial charge in [0.25, 0.3) is 0 Å². The molecular weight excluding hydrogens is 417 g/mol. The van der Waals surface area contributed by atoms with E-state index in [1.807, 2.05) is 0 Å². The molecular formula is C22H20FN5O4. The first-order valence-corrected chi connectivity index (χ1v) is 9.45. The molecule has 0 aliphatic heterocycles. The summed E-state index contributed by atoms with van der Waals surface area (Å²) in [7, 11) is 5.96. The Balaban J connectivity index is 1.93. The van der Waals surface area contributed by atoms with Crippen LogP contribution < -0.4 is 24.3 Å². The zero-order valence-corrected chi connectivity index (χ0v) is 17.8. The SMILES string of the molecule is COc1cc(Nc2c(-c3cc(OC)c(OC)c(OC)c3)nc3c(C#N)c[nH]n23)ccc1F. The molecule has 0 bridgehead atoms. The van der Waals surface area contributed by atoms with Crippen LogP contribution in [0.2, 0.25) is 0 Å². The molecule has 2 aromatic heterocycles. The molecule has 0 spiro atoms. The first-order valence-electron chi connectivity index (χ1n) is 9.45. The van der Waals surface area contributed by atoms with Crippen LogP contribution in [0.4, 0.5) is 15.9 Å². The summed E-state index contributed by atoms with van der Waals surface area (Å²) in [5, 5.41) is 15.7. The number of nitrogens with one attached hydrogen (secondary N) is 2. The number of fused-ring (bicyclic) bond motifs is 1. The van der Waals surface area contributed by atoms with Gasteiger partial charge in [0.1, 0.15) is 17.3 Å². The maximum absolute atomic E-state index is 13.9. The van der Waals surface area contributed by atoms with Gasteiger partial charge in [-0.1, -0.05) is 0 Å². The van der Waals surface area contributed by atoms with Gasteiger partial charge in [-0.2, -0.15) is 5.26 Å². The number of imidazole rings is 1. The molecule has 0 saturated heterocycles. The second-order valence-electron chi connectivity index (χ2n) is 6.66. The van der Waals surface area contributed by atoms with Crippen LogP contribution in [0.15, 0.2) is 36.5 Å².